The molecule has 144 valence electrons. The number of allylic oxidation sites excluding steroid dienone is 3. The van der Waals surface area contributed by atoms with Crippen LogP contribution in [-0.2, 0) is 14.3 Å². The second kappa shape index (κ2) is 7.34. The van der Waals surface area contributed by atoms with Gasteiger partial charge in [-0.15, -0.1) is 0 Å². The van der Waals surface area contributed by atoms with E-state index in [2.05, 4.69) is 19.2 Å². The maximum atomic E-state index is 13.1. The van der Waals surface area contributed by atoms with Crippen molar-refractivity contribution in [2.24, 2.45) is 11.3 Å². The normalized spacial score (nSPS) is 21.9. The molecule has 1 heterocycles. The molecule has 1 aromatic rings. The average Bonchev–Trinajstić information content (AvgIpc) is 2.58. The van der Waals surface area contributed by atoms with Crippen LogP contribution in [0.25, 0.3) is 0 Å². The van der Waals surface area contributed by atoms with Crippen LogP contribution in [0.5, 0.6) is 0 Å². The summed E-state index contributed by atoms with van der Waals surface area (Å²) in [6.45, 7) is 10.5. The van der Waals surface area contributed by atoms with E-state index in [1.807, 2.05) is 51.1 Å². The third-order valence-corrected chi connectivity index (χ3v) is 5.14. The number of hydrogen-bond donors (Lipinski definition) is 1. The first-order valence-corrected chi connectivity index (χ1v) is 9.65. The van der Waals surface area contributed by atoms with Gasteiger partial charge >= 0.3 is 5.97 Å². The highest BCUT2D eigenvalue weighted by Crippen LogP contribution is 2.46. The summed E-state index contributed by atoms with van der Waals surface area (Å²) in [6.07, 6.45) is 1.29. The Morgan fingerprint density at radius 2 is 1.89 bits per heavy atom. The predicted octanol–water partition coefficient (Wildman–Crippen LogP) is 4.49. The number of Topliss-reactive ketones (excluding diaryl/α,β-unsaturated/α-hetero) is 1. The largest absolute Gasteiger partial charge is 0.462 e. The molecule has 1 N–H and O–H groups in total. The number of ketones is 1. The molecule has 0 radical (unpaired) electrons. The molecule has 1 aromatic carbocycles. The van der Waals surface area contributed by atoms with Crippen molar-refractivity contribution in [1.29, 1.82) is 0 Å². The molecule has 0 amide bonds. The Bertz CT molecular complexity index is 815. The maximum Gasteiger partial charge on any atom is 0.336 e. The molecular weight excluding hydrogens is 338 g/mol. The summed E-state index contributed by atoms with van der Waals surface area (Å²) in [5.74, 6) is -0.338. The van der Waals surface area contributed by atoms with Crippen molar-refractivity contribution in [2.75, 3.05) is 6.61 Å². The molecule has 3 rings (SSSR count). The van der Waals surface area contributed by atoms with Gasteiger partial charge in [0.15, 0.2) is 5.78 Å². The van der Waals surface area contributed by atoms with E-state index in [4.69, 9.17) is 4.74 Å². The van der Waals surface area contributed by atoms with Crippen molar-refractivity contribution in [3.8, 4) is 0 Å². The van der Waals surface area contributed by atoms with Gasteiger partial charge < -0.3 is 10.1 Å². The molecule has 0 saturated heterocycles. The first-order chi connectivity index (χ1) is 12.7. The molecule has 0 spiro atoms. The van der Waals surface area contributed by atoms with Gasteiger partial charge in [-0.05, 0) is 30.2 Å². The van der Waals surface area contributed by atoms with Crippen LogP contribution in [0.3, 0.4) is 0 Å². The van der Waals surface area contributed by atoms with E-state index in [0.717, 1.165) is 29.0 Å². The van der Waals surface area contributed by atoms with Crippen LogP contribution in [0, 0.1) is 11.3 Å². The molecule has 4 heteroatoms. The zero-order valence-corrected chi connectivity index (χ0v) is 16.9. The SMILES string of the molecule is CC1=C(C(=O)OCC(C)C)[C@@H](c2ccccc2)C2=C(CC(C)(C)CC2=O)N1. The highest BCUT2D eigenvalue weighted by Gasteiger charge is 2.43. The van der Waals surface area contributed by atoms with E-state index in [1.54, 1.807) is 0 Å². The number of carbonyl (C=O) groups is 2. The summed E-state index contributed by atoms with van der Waals surface area (Å²) in [5.41, 5.74) is 3.87. The van der Waals surface area contributed by atoms with Crippen LogP contribution < -0.4 is 5.32 Å². The Balaban J connectivity index is 2.08. The lowest BCUT2D eigenvalue weighted by Crippen LogP contribution is -2.38. The average molecular weight is 367 g/mol. The Hall–Kier alpha value is -2.36. The summed E-state index contributed by atoms with van der Waals surface area (Å²) in [4.78, 5) is 26.0. The number of carbonyl (C=O) groups excluding carboxylic acids is 2. The first kappa shape index (κ1) is 19.4. The van der Waals surface area contributed by atoms with Crippen LogP contribution in [0.1, 0.15) is 58.9 Å². The zero-order valence-electron chi connectivity index (χ0n) is 16.9. The van der Waals surface area contributed by atoms with E-state index < -0.39 is 0 Å². The highest BCUT2D eigenvalue weighted by atomic mass is 16.5. The van der Waals surface area contributed by atoms with Gasteiger partial charge in [0, 0.05) is 29.3 Å². The molecule has 1 aliphatic heterocycles. The second-order valence-corrected chi connectivity index (χ2v) is 8.83. The van der Waals surface area contributed by atoms with Crippen molar-refractivity contribution in [2.45, 2.75) is 53.4 Å². The second-order valence-electron chi connectivity index (χ2n) is 8.83. The Morgan fingerprint density at radius 1 is 1.22 bits per heavy atom. The summed E-state index contributed by atoms with van der Waals surface area (Å²) >= 11 is 0. The number of ether oxygens (including phenoxy) is 1. The van der Waals surface area contributed by atoms with Crippen LogP contribution in [0.4, 0.5) is 0 Å². The van der Waals surface area contributed by atoms with E-state index in [-0.39, 0.29) is 29.0 Å². The van der Waals surface area contributed by atoms with Gasteiger partial charge in [-0.25, -0.2) is 4.79 Å². The third kappa shape index (κ3) is 4.00. The van der Waals surface area contributed by atoms with Gasteiger partial charge in [0.05, 0.1) is 12.2 Å². The summed E-state index contributed by atoms with van der Waals surface area (Å²) < 4.78 is 5.55. The molecule has 1 aliphatic carbocycles. The van der Waals surface area contributed by atoms with Crippen LogP contribution >= 0.6 is 0 Å². The molecule has 0 bridgehead atoms. The van der Waals surface area contributed by atoms with Crippen molar-refractivity contribution in [3.63, 3.8) is 0 Å². The predicted molar refractivity (Wildman–Crippen MR) is 106 cm³/mol. The smallest absolute Gasteiger partial charge is 0.336 e. The Morgan fingerprint density at radius 3 is 2.52 bits per heavy atom. The van der Waals surface area contributed by atoms with Gasteiger partial charge in [0.1, 0.15) is 0 Å². The number of rotatable bonds is 4. The van der Waals surface area contributed by atoms with E-state index in [1.165, 1.54) is 0 Å². The van der Waals surface area contributed by atoms with Crippen molar-refractivity contribution in [3.05, 3.63) is 58.4 Å². The molecule has 4 nitrogen and oxygen atoms in total. The molecule has 0 saturated carbocycles. The maximum absolute atomic E-state index is 13.1. The van der Waals surface area contributed by atoms with Crippen molar-refractivity contribution >= 4 is 11.8 Å². The third-order valence-electron chi connectivity index (χ3n) is 5.14. The van der Waals surface area contributed by atoms with Crippen LogP contribution in [-0.4, -0.2) is 18.4 Å². The fraction of sp³-hybridized carbons (Fsp3) is 0.478. The Kier molecular flexibility index (Phi) is 5.27. The quantitative estimate of drug-likeness (QED) is 0.797. The van der Waals surface area contributed by atoms with Crippen LogP contribution in [0.2, 0.25) is 0 Å². The van der Waals surface area contributed by atoms with Gasteiger partial charge in [0.2, 0.25) is 0 Å². The molecule has 0 aromatic heterocycles. The van der Waals surface area contributed by atoms with E-state index in [9.17, 15) is 9.59 Å². The topological polar surface area (TPSA) is 55.4 Å². The number of nitrogens with one attached hydrogen (secondary N) is 1. The van der Waals surface area contributed by atoms with Crippen molar-refractivity contribution < 1.29 is 14.3 Å². The number of hydrogen-bond acceptors (Lipinski definition) is 4. The Labute approximate surface area is 161 Å². The standard InChI is InChI=1S/C23H29NO3/c1-14(2)13-27-22(26)19-15(3)24-17-11-23(4,5)12-18(25)21(17)20(19)16-9-7-6-8-10-16/h6-10,14,20,24H,11-13H2,1-5H3/t20-/m1/s1. The summed E-state index contributed by atoms with van der Waals surface area (Å²) in [6, 6.07) is 9.80. The van der Waals surface area contributed by atoms with Gasteiger partial charge in [-0.3, -0.25) is 4.79 Å². The zero-order chi connectivity index (χ0) is 19.8. The van der Waals surface area contributed by atoms with Gasteiger partial charge in [-0.1, -0.05) is 58.0 Å². The lowest BCUT2D eigenvalue weighted by Gasteiger charge is -2.39. The lowest BCUT2D eigenvalue weighted by atomic mass is 9.68. The number of esters is 1. The molecule has 2 aliphatic rings. The molecule has 0 fully saturated rings. The van der Waals surface area contributed by atoms with Gasteiger partial charge in [-0.2, -0.15) is 0 Å². The summed E-state index contributed by atoms with van der Waals surface area (Å²) in [7, 11) is 0. The fourth-order valence-electron chi connectivity index (χ4n) is 4.01. The molecule has 1 atom stereocenters. The van der Waals surface area contributed by atoms with Crippen LogP contribution in [0.15, 0.2) is 52.9 Å². The minimum atomic E-state index is -0.370. The van der Waals surface area contributed by atoms with E-state index in [0.29, 0.717) is 18.6 Å². The summed E-state index contributed by atoms with van der Waals surface area (Å²) in [5, 5.41) is 3.36. The minimum Gasteiger partial charge on any atom is -0.462 e. The van der Waals surface area contributed by atoms with E-state index >= 15 is 0 Å². The first-order valence-electron chi connectivity index (χ1n) is 9.65. The molecular formula is C23H29NO3. The fourth-order valence-corrected chi connectivity index (χ4v) is 4.01. The lowest BCUT2D eigenvalue weighted by molar-refractivity contribution is -0.140. The highest BCUT2D eigenvalue weighted by molar-refractivity contribution is 6.04. The monoisotopic (exact) mass is 367 g/mol. The number of dihydropyridines is 1. The minimum absolute atomic E-state index is 0.0832. The molecule has 0 unspecified atom stereocenters. The van der Waals surface area contributed by atoms with Gasteiger partial charge in [0.25, 0.3) is 0 Å². The number of benzene rings is 1. The van der Waals surface area contributed by atoms with Crippen molar-refractivity contribution in [1.82, 2.24) is 5.32 Å². The molecule has 27 heavy (non-hydrogen) atoms.